The minimum Gasteiger partial charge on any atom is -0.310 e. The van der Waals surface area contributed by atoms with Crippen LogP contribution in [-0.4, -0.2) is 7.85 Å². The van der Waals surface area contributed by atoms with Crippen molar-refractivity contribution >= 4 is 36.4 Å². The van der Waals surface area contributed by atoms with Crippen molar-refractivity contribution in [2.45, 2.75) is 52.9 Å². The van der Waals surface area contributed by atoms with Gasteiger partial charge in [0.25, 0.3) is 0 Å². The molecule has 7 aromatic rings. The molecular formula is C64H56BN. The third-order valence-electron chi connectivity index (χ3n) is 14.1. The second-order valence-corrected chi connectivity index (χ2v) is 17.9. The molecule has 3 aliphatic rings. The summed E-state index contributed by atoms with van der Waals surface area (Å²) in [6, 6.07) is 58.3. The number of para-hydroxylation sites is 1. The van der Waals surface area contributed by atoms with Gasteiger partial charge < -0.3 is 4.90 Å². The predicted molar refractivity (Wildman–Crippen MR) is 288 cm³/mol. The van der Waals surface area contributed by atoms with Crippen molar-refractivity contribution in [3.05, 3.63) is 256 Å². The summed E-state index contributed by atoms with van der Waals surface area (Å²) in [5.41, 5.74) is 27.5. The Morgan fingerprint density at radius 3 is 1.97 bits per heavy atom. The summed E-state index contributed by atoms with van der Waals surface area (Å²) in [4.78, 5) is 2.40. The molecular weight excluding hydrogens is 794 g/mol. The Kier molecular flexibility index (Phi) is 12.0. The van der Waals surface area contributed by atoms with E-state index in [2.05, 4.69) is 234 Å². The molecule has 0 fully saturated rings. The number of hydrogen-bond donors (Lipinski definition) is 0. The first-order valence-electron chi connectivity index (χ1n) is 23.7. The molecule has 0 unspecified atom stereocenters. The van der Waals surface area contributed by atoms with Gasteiger partial charge in [0.15, 0.2) is 0 Å². The molecule has 0 atom stereocenters. The van der Waals surface area contributed by atoms with Gasteiger partial charge in [0.1, 0.15) is 7.85 Å². The summed E-state index contributed by atoms with van der Waals surface area (Å²) < 4.78 is 0. The molecule has 2 heteroatoms. The zero-order valence-electron chi connectivity index (χ0n) is 38.7. The Bertz CT molecular complexity index is 3170. The van der Waals surface area contributed by atoms with Crippen molar-refractivity contribution in [3.63, 3.8) is 0 Å². The molecule has 0 aliphatic heterocycles. The number of benzene rings is 7. The fourth-order valence-corrected chi connectivity index (χ4v) is 10.2. The lowest BCUT2D eigenvalue weighted by Gasteiger charge is -2.32. The summed E-state index contributed by atoms with van der Waals surface area (Å²) in [6.07, 6.45) is 20.9. The first kappa shape index (κ1) is 42.5. The second-order valence-electron chi connectivity index (χ2n) is 17.9. The average Bonchev–Trinajstić information content (AvgIpc) is 3.59. The maximum absolute atomic E-state index is 5.00. The number of allylic oxidation sites excluding steroid dienone is 11. The van der Waals surface area contributed by atoms with Gasteiger partial charge in [-0.15, -0.1) is 0 Å². The Hall–Kier alpha value is -7.42. The van der Waals surface area contributed by atoms with Gasteiger partial charge >= 0.3 is 0 Å². The predicted octanol–water partition coefficient (Wildman–Crippen LogP) is 16.6. The number of fused-ring (bicyclic) bond motifs is 5. The van der Waals surface area contributed by atoms with E-state index in [0.29, 0.717) is 0 Å². The van der Waals surface area contributed by atoms with Gasteiger partial charge in [-0.1, -0.05) is 207 Å². The van der Waals surface area contributed by atoms with E-state index in [4.69, 9.17) is 6.58 Å². The summed E-state index contributed by atoms with van der Waals surface area (Å²) in [5, 5.41) is 0. The fraction of sp³-hybridized carbons (Fsp3) is 0.125. The maximum Gasteiger partial charge on any atom is 0.140 e. The molecule has 1 nitrogen and oxygen atoms in total. The molecule has 0 heterocycles. The lowest BCUT2D eigenvalue weighted by Crippen LogP contribution is -2.18. The van der Waals surface area contributed by atoms with E-state index in [0.717, 1.165) is 54.7 Å². The smallest absolute Gasteiger partial charge is 0.140 e. The molecule has 0 saturated heterocycles. The van der Waals surface area contributed by atoms with Crippen LogP contribution in [0.4, 0.5) is 11.4 Å². The highest BCUT2D eigenvalue weighted by Crippen LogP contribution is 2.49. The van der Waals surface area contributed by atoms with Crippen molar-refractivity contribution in [2.24, 2.45) is 0 Å². The average molecular weight is 850 g/mol. The van der Waals surface area contributed by atoms with Crippen molar-refractivity contribution in [3.8, 4) is 44.5 Å². The third kappa shape index (κ3) is 8.14. The lowest BCUT2D eigenvalue weighted by molar-refractivity contribution is 1.04. The van der Waals surface area contributed by atoms with Crippen molar-refractivity contribution in [1.82, 2.24) is 0 Å². The molecule has 3 aliphatic carbocycles. The van der Waals surface area contributed by atoms with Gasteiger partial charge in [-0.3, -0.25) is 0 Å². The van der Waals surface area contributed by atoms with Gasteiger partial charge in [-0.25, -0.2) is 0 Å². The van der Waals surface area contributed by atoms with Crippen LogP contribution in [0.15, 0.2) is 223 Å². The van der Waals surface area contributed by atoms with Crippen LogP contribution < -0.4 is 4.90 Å². The zero-order chi connectivity index (χ0) is 45.1. The first-order valence-corrected chi connectivity index (χ1v) is 23.7. The fourth-order valence-electron chi connectivity index (χ4n) is 10.2. The molecule has 0 amide bonds. The molecule has 0 saturated carbocycles. The van der Waals surface area contributed by atoms with Crippen LogP contribution in [0.3, 0.4) is 0 Å². The van der Waals surface area contributed by atoms with Crippen molar-refractivity contribution in [1.29, 1.82) is 0 Å². The van der Waals surface area contributed by atoms with Gasteiger partial charge in [0.2, 0.25) is 0 Å². The minimum absolute atomic E-state index is 0.931. The van der Waals surface area contributed by atoms with E-state index >= 15 is 0 Å². The van der Waals surface area contributed by atoms with Crippen LogP contribution in [0.2, 0.25) is 0 Å². The summed E-state index contributed by atoms with van der Waals surface area (Å²) in [6.45, 7) is 11.8. The van der Waals surface area contributed by atoms with Crippen LogP contribution in [0.5, 0.6) is 0 Å². The summed E-state index contributed by atoms with van der Waals surface area (Å²) in [5.74, 6) is 0. The highest BCUT2D eigenvalue weighted by Gasteiger charge is 2.28. The molecule has 320 valence electrons. The number of hydrogen-bond acceptors (Lipinski definition) is 1. The Morgan fingerprint density at radius 1 is 0.591 bits per heavy atom. The lowest BCUT2D eigenvalue weighted by atomic mass is 9.77. The molecule has 0 bridgehead atoms. The molecule has 10 rings (SSSR count). The van der Waals surface area contributed by atoms with Crippen LogP contribution in [0.1, 0.15) is 73.4 Å². The molecule has 0 radical (unpaired) electrons. The minimum atomic E-state index is 0.931. The van der Waals surface area contributed by atoms with E-state index < -0.39 is 0 Å². The Labute approximate surface area is 393 Å². The van der Waals surface area contributed by atoms with Crippen LogP contribution >= 0.6 is 0 Å². The monoisotopic (exact) mass is 849 g/mol. The highest BCUT2D eigenvalue weighted by atomic mass is 15.2. The first-order chi connectivity index (χ1) is 32.4. The second kappa shape index (κ2) is 18.6. The Balaban J connectivity index is 1.09. The molecule has 66 heavy (non-hydrogen) atoms. The van der Waals surface area contributed by atoms with Gasteiger partial charge in [-0.2, -0.15) is 0 Å². The quantitative estimate of drug-likeness (QED) is 0.0926. The van der Waals surface area contributed by atoms with Gasteiger partial charge in [0.05, 0.1) is 5.69 Å². The maximum atomic E-state index is 5.00. The number of anilines is 2. The van der Waals surface area contributed by atoms with Crippen molar-refractivity contribution in [2.75, 3.05) is 4.90 Å². The molecule has 0 aromatic heterocycles. The zero-order valence-corrected chi connectivity index (χ0v) is 38.7. The normalized spacial score (nSPS) is 14.3. The van der Waals surface area contributed by atoms with Crippen molar-refractivity contribution < 1.29 is 0 Å². The van der Waals surface area contributed by atoms with E-state index in [-0.39, 0.29) is 0 Å². The topological polar surface area (TPSA) is 3.24 Å². The Morgan fingerprint density at radius 2 is 1.26 bits per heavy atom. The number of rotatable bonds is 11. The summed E-state index contributed by atoms with van der Waals surface area (Å²) >= 11 is 0. The van der Waals surface area contributed by atoms with Crippen LogP contribution in [0.25, 0.3) is 61.7 Å². The van der Waals surface area contributed by atoms with E-state index in [1.54, 1.807) is 0 Å². The van der Waals surface area contributed by atoms with Crippen LogP contribution in [-0.2, 0) is 12.8 Å². The van der Waals surface area contributed by atoms with E-state index in [9.17, 15) is 0 Å². The van der Waals surface area contributed by atoms with Gasteiger partial charge in [-0.05, 0) is 153 Å². The molecule has 0 spiro atoms. The largest absolute Gasteiger partial charge is 0.310 e. The highest BCUT2D eigenvalue weighted by molar-refractivity contribution is 6.31. The summed E-state index contributed by atoms with van der Waals surface area (Å²) in [7, 11) is 2.29. The van der Waals surface area contributed by atoms with Gasteiger partial charge in [0, 0.05) is 16.9 Å². The number of nitrogens with zero attached hydrogens (tertiary/aromatic N) is 1. The van der Waals surface area contributed by atoms with E-state index in [1.165, 1.54) is 100 Å². The third-order valence-corrected chi connectivity index (χ3v) is 14.1. The SMILES string of the molecule is BC(=C(\C)C(=C)N(c1ccc(-c2ccc(-c3ccccc3)cc2)cc1)c1ccccc1-c1cccc2c1-c1ccc3c(c1C2)C=CC=CC3)/C(=C(/C)CC)c1ccc(C2=CCCC=C2)cc1. The van der Waals surface area contributed by atoms with E-state index in [1.807, 2.05) is 0 Å². The molecule has 7 aromatic carbocycles. The molecule has 0 N–H and O–H groups in total. The standard InChI is InChI=1S/C64H56BN/c1-5-43(2)62(53-34-32-49(33-35-53)47-20-11-7-12-21-47)64(65)44(3)45(4)66(55-39-36-51(37-40-55)50-30-28-48(29-31-50)46-18-9-6-10-19-46)61-27-16-15-25-57(61)58-26-17-23-54-42-60-56-24-14-8-13-22-52(56)38-41-59(60)63(54)58/h6,8-11,13-21,23-41H,4-5,7,12,22,42,65H2,1-3H3/b62-43-,64-44+. The van der Waals surface area contributed by atoms with Crippen LogP contribution in [0, 0.1) is 0 Å².